The van der Waals surface area contributed by atoms with Gasteiger partial charge in [-0.25, -0.2) is 0 Å². The Bertz CT molecular complexity index is 449. The summed E-state index contributed by atoms with van der Waals surface area (Å²) in [6.45, 7) is 10.3. The third-order valence-electron chi connectivity index (χ3n) is 5.95. The Balaban J connectivity index is 1.86. The molecule has 1 saturated carbocycles. The Morgan fingerprint density at radius 3 is 2.16 bits per heavy atom. The van der Waals surface area contributed by atoms with Crippen LogP contribution in [0.15, 0.2) is 0 Å². The molecule has 2 fully saturated rings. The molecule has 0 aromatic rings. The Labute approximate surface area is 154 Å². The number of carbonyl (C=O) groups excluding carboxylic acids is 2. The van der Waals surface area contributed by atoms with Gasteiger partial charge in [0.1, 0.15) is 5.78 Å². The van der Waals surface area contributed by atoms with E-state index in [-0.39, 0.29) is 28.9 Å². The summed E-state index contributed by atoms with van der Waals surface area (Å²) in [5.74, 6) is 0.291. The number of likely N-dealkylation sites (tertiary alicyclic amines) is 1. The summed E-state index contributed by atoms with van der Waals surface area (Å²) in [6.07, 6.45) is 8.93. The lowest BCUT2D eigenvalue weighted by molar-refractivity contribution is -0.144. The number of hydrogen-bond acceptors (Lipinski definition) is 3. The molecule has 2 atom stereocenters. The highest BCUT2D eigenvalue weighted by atomic mass is 16.2. The minimum Gasteiger partial charge on any atom is -0.345 e. The second-order valence-electron chi connectivity index (χ2n) is 9.13. The van der Waals surface area contributed by atoms with Gasteiger partial charge in [0.2, 0.25) is 5.91 Å². The van der Waals surface area contributed by atoms with Crippen molar-refractivity contribution in [3.63, 3.8) is 0 Å². The number of piperidine rings is 1. The summed E-state index contributed by atoms with van der Waals surface area (Å²) in [7, 11) is 1.92. The van der Waals surface area contributed by atoms with Crippen LogP contribution < -0.4 is 0 Å². The minimum atomic E-state index is -0.354. The average molecular weight is 351 g/mol. The summed E-state index contributed by atoms with van der Waals surface area (Å²) in [4.78, 5) is 30.2. The molecule has 25 heavy (non-hydrogen) atoms. The molecular weight excluding hydrogens is 312 g/mol. The largest absolute Gasteiger partial charge is 0.345 e. The lowest BCUT2D eigenvalue weighted by atomic mass is 9.70. The van der Waals surface area contributed by atoms with Gasteiger partial charge in [0.25, 0.3) is 0 Å². The molecule has 2 aliphatic rings. The van der Waals surface area contributed by atoms with Crippen LogP contribution in [0.1, 0.15) is 72.1 Å². The lowest BCUT2D eigenvalue weighted by Crippen LogP contribution is -2.44. The normalized spacial score (nSPS) is 25.6. The molecule has 1 aliphatic carbocycles. The van der Waals surface area contributed by atoms with Crippen molar-refractivity contribution in [1.82, 2.24) is 9.80 Å². The molecular formula is C21H38N2O2. The van der Waals surface area contributed by atoms with E-state index in [1.165, 1.54) is 32.4 Å². The fourth-order valence-electron chi connectivity index (χ4n) is 4.40. The highest BCUT2D eigenvalue weighted by molar-refractivity contribution is 5.91. The van der Waals surface area contributed by atoms with Crippen molar-refractivity contribution in [2.75, 3.05) is 33.2 Å². The maximum atomic E-state index is 13.0. The van der Waals surface area contributed by atoms with Crippen molar-refractivity contribution in [2.24, 2.45) is 17.3 Å². The fourth-order valence-corrected chi connectivity index (χ4v) is 4.40. The quantitative estimate of drug-likeness (QED) is 0.733. The zero-order valence-electron chi connectivity index (χ0n) is 16.9. The van der Waals surface area contributed by atoms with Crippen molar-refractivity contribution in [2.45, 2.75) is 72.1 Å². The summed E-state index contributed by atoms with van der Waals surface area (Å²) in [5.41, 5.74) is -0.354. The van der Waals surface area contributed by atoms with Crippen LogP contribution in [0.2, 0.25) is 0 Å². The molecule has 1 amide bonds. The molecule has 0 aromatic carbocycles. The molecule has 1 saturated heterocycles. The number of nitrogens with zero attached hydrogens (tertiary/aromatic N) is 2. The van der Waals surface area contributed by atoms with Crippen LogP contribution in [0.25, 0.3) is 0 Å². The van der Waals surface area contributed by atoms with Crippen LogP contribution in [0.5, 0.6) is 0 Å². The molecule has 0 N–H and O–H groups in total. The molecule has 0 aromatic heterocycles. The van der Waals surface area contributed by atoms with E-state index in [4.69, 9.17) is 0 Å². The molecule has 1 aliphatic heterocycles. The lowest BCUT2D eigenvalue weighted by Gasteiger charge is -2.36. The maximum absolute atomic E-state index is 13.0. The zero-order chi connectivity index (χ0) is 18.4. The molecule has 0 bridgehead atoms. The van der Waals surface area contributed by atoms with Crippen LogP contribution in [0.3, 0.4) is 0 Å². The van der Waals surface area contributed by atoms with Gasteiger partial charge in [-0.1, -0.05) is 40.0 Å². The monoisotopic (exact) mass is 350 g/mol. The number of Topliss-reactive ketones (excluding diaryl/α,β-unsaturated/α-hetero) is 1. The number of hydrogen-bond donors (Lipinski definition) is 0. The van der Waals surface area contributed by atoms with E-state index in [9.17, 15) is 9.59 Å². The van der Waals surface area contributed by atoms with Gasteiger partial charge in [0, 0.05) is 30.8 Å². The number of carbonyl (C=O) groups is 2. The Morgan fingerprint density at radius 1 is 0.960 bits per heavy atom. The van der Waals surface area contributed by atoms with E-state index in [0.29, 0.717) is 0 Å². The average Bonchev–Trinajstić information content (AvgIpc) is 2.60. The number of amides is 1. The second-order valence-corrected chi connectivity index (χ2v) is 9.13. The predicted molar refractivity (Wildman–Crippen MR) is 102 cm³/mol. The van der Waals surface area contributed by atoms with Crippen LogP contribution in [-0.2, 0) is 9.59 Å². The Kier molecular flexibility index (Phi) is 7.48. The van der Waals surface area contributed by atoms with Gasteiger partial charge in [-0.2, -0.15) is 0 Å². The molecule has 4 heteroatoms. The van der Waals surface area contributed by atoms with E-state index >= 15 is 0 Å². The van der Waals surface area contributed by atoms with Crippen molar-refractivity contribution in [3.8, 4) is 0 Å². The first kappa shape index (κ1) is 20.4. The van der Waals surface area contributed by atoms with E-state index in [2.05, 4.69) is 4.90 Å². The topological polar surface area (TPSA) is 40.6 Å². The van der Waals surface area contributed by atoms with Crippen molar-refractivity contribution in [3.05, 3.63) is 0 Å². The fraction of sp³-hybridized carbons (Fsp3) is 0.905. The van der Waals surface area contributed by atoms with Gasteiger partial charge >= 0.3 is 0 Å². The van der Waals surface area contributed by atoms with Crippen molar-refractivity contribution >= 4 is 11.7 Å². The maximum Gasteiger partial charge on any atom is 0.226 e. The van der Waals surface area contributed by atoms with Crippen molar-refractivity contribution in [1.29, 1.82) is 0 Å². The van der Waals surface area contributed by atoms with Crippen LogP contribution in [0.4, 0.5) is 0 Å². The first-order chi connectivity index (χ1) is 11.8. The van der Waals surface area contributed by atoms with Crippen molar-refractivity contribution < 1.29 is 9.59 Å². The van der Waals surface area contributed by atoms with Crippen LogP contribution >= 0.6 is 0 Å². The van der Waals surface area contributed by atoms with Gasteiger partial charge in [0.15, 0.2) is 0 Å². The van der Waals surface area contributed by atoms with E-state index in [1.807, 2.05) is 32.7 Å². The van der Waals surface area contributed by atoms with Gasteiger partial charge in [0.05, 0.1) is 0 Å². The molecule has 1 unspecified atom stereocenters. The molecule has 144 valence electrons. The molecule has 2 rings (SSSR count). The third kappa shape index (κ3) is 5.80. The highest BCUT2D eigenvalue weighted by Crippen LogP contribution is 2.36. The number of ketones is 1. The minimum absolute atomic E-state index is 0.0780. The third-order valence-corrected chi connectivity index (χ3v) is 5.95. The Hall–Kier alpha value is -0.900. The van der Waals surface area contributed by atoms with E-state index in [1.54, 1.807) is 0 Å². The van der Waals surface area contributed by atoms with E-state index in [0.717, 1.165) is 45.2 Å². The van der Waals surface area contributed by atoms with E-state index < -0.39 is 0 Å². The van der Waals surface area contributed by atoms with Gasteiger partial charge in [-0.15, -0.1) is 0 Å². The molecule has 0 spiro atoms. The highest BCUT2D eigenvalue weighted by Gasteiger charge is 2.40. The molecule has 4 nitrogen and oxygen atoms in total. The SMILES string of the molecule is CN(CCCN1CCCCC1)C(=O)C1CCCC[C@H]1C(=O)C(C)(C)C. The van der Waals surface area contributed by atoms with Gasteiger partial charge < -0.3 is 9.80 Å². The smallest absolute Gasteiger partial charge is 0.226 e. The summed E-state index contributed by atoms with van der Waals surface area (Å²) >= 11 is 0. The standard InChI is InChI=1S/C21H38N2O2/c1-21(2,3)19(24)17-11-6-7-12-18(17)20(25)22(4)13-10-16-23-14-8-5-9-15-23/h17-18H,5-16H2,1-4H3/t17-,18?/m1/s1. The summed E-state index contributed by atoms with van der Waals surface area (Å²) < 4.78 is 0. The van der Waals surface area contributed by atoms with Gasteiger partial charge in [-0.3, -0.25) is 9.59 Å². The first-order valence-corrected chi connectivity index (χ1v) is 10.3. The number of rotatable bonds is 6. The summed E-state index contributed by atoms with van der Waals surface area (Å²) in [5, 5.41) is 0. The second kappa shape index (κ2) is 9.16. The zero-order valence-corrected chi connectivity index (χ0v) is 16.9. The molecule has 1 heterocycles. The predicted octanol–water partition coefficient (Wildman–Crippen LogP) is 3.74. The summed E-state index contributed by atoms with van der Waals surface area (Å²) in [6, 6.07) is 0. The first-order valence-electron chi connectivity index (χ1n) is 10.3. The van der Waals surface area contributed by atoms with Crippen LogP contribution in [0, 0.1) is 17.3 Å². The van der Waals surface area contributed by atoms with Gasteiger partial charge in [-0.05, 0) is 51.7 Å². The molecule has 0 radical (unpaired) electrons. The van der Waals surface area contributed by atoms with Crippen LogP contribution in [-0.4, -0.2) is 54.7 Å². The Morgan fingerprint density at radius 2 is 1.56 bits per heavy atom.